The molecule has 5 rings (SSSR count). The fourth-order valence-electron chi connectivity index (χ4n) is 4.40. The maximum Gasteiger partial charge on any atom is 0.415 e. The molecule has 2 heterocycles. The minimum Gasteiger partial charge on any atom is -0.441 e. The molecule has 1 N–H and O–H groups in total. The molecule has 2 aromatic carbocycles. The summed E-state index contributed by atoms with van der Waals surface area (Å²) in [4.78, 5) is 22.3. The van der Waals surface area contributed by atoms with Crippen LogP contribution in [0.4, 0.5) is 10.5 Å². The quantitative estimate of drug-likeness (QED) is 0.653. The number of imidazole rings is 1. The van der Waals surface area contributed by atoms with Crippen LogP contribution in [-0.4, -0.2) is 28.2 Å². The Hall–Kier alpha value is -3.04. The van der Waals surface area contributed by atoms with Gasteiger partial charge in [-0.2, -0.15) is 5.26 Å². The molecule has 2 fully saturated rings. The summed E-state index contributed by atoms with van der Waals surface area (Å²) >= 11 is 0. The van der Waals surface area contributed by atoms with Gasteiger partial charge in [-0.25, -0.2) is 9.78 Å². The van der Waals surface area contributed by atoms with E-state index < -0.39 is 5.60 Å². The van der Waals surface area contributed by atoms with Crippen LogP contribution in [0.3, 0.4) is 0 Å². The molecule has 1 aliphatic heterocycles. The Labute approximate surface area is 174 Å². The van der Waals surface area contributed by atoms with E-state index in [1.165, 1.54) is 0 Å². The van der Waals surface area contributed by atoms with Gasteiger partial charge in [0.1, 0.15) is 11.4 Å². The summed E-state index contributed by atoms with van der Waals surface area (Å²) < 4.78 is 5.85. The third kappa shape index (κ3) is 3.43. The monoisotopic (exact) mass is 408 g/mol. The number of carbonyl (C=O) groups is 1. The minimum atomic E-state index is -0.399. The predicted molar refractivity (Wildman–Crippen MR) is 112 cm³/mol. The lowest BCUT2D eigenvalue weighted by molar-refractivity contribution is 0.0208. The molecule has 0 unspecified atom stereocenters. The molecule has 1 aliphatic carbocycles. The summed E-state index contributed by atoms with van der Waals surface area (Å²) in [7, 11) is 0. The molecule has 0 bridgehead atoms. The Balaban J connectivity index is 0.00000205. The van der Waals surface area contributed by atoms with E-state index in [1.807, 2.05) is 42.5 Å². The van der Waals surface area contributed by atoms with Crippen molar-refractivity contribution in [2.24, 2.45) is 0 Å². The number of hydrogen-bond donors (Lipinski definition) is 1. The van der Waals surface area contributed by atoms with E-state index in [0.29, 0.717) is 18.0 Å². The number of nitrogens with one attached hydrogen (secondary N) is 1. The highest BCUT2D eigenvalue weighted by Gasteiger charge is 2.48. The number of carbonyl (C=O) groups excluding carboxylic acids is 1. The van der Waals surface area contributed by atoms with Gasteiger partial charge in [0.2, 0.25) is 0 Å². The number of nitriles is 1. The van der Waals surface area contributed by atoms with Crippen molar-refractivity contribution >= 4 is 35.2 Å². The Morgan fingerprint density at radius 2 is 1.93 bits per heavy atom. The van der Waals surface area contributed by atoms with Gasteiger partial charge in [0.05, 0.1) is 29.2 Å². The van der Waals surface area contributed by atoms with Crippen molar-refractivity contribution < 1.29 is 9.53 Å². The molecule has 1 aromatic heterocycles. The fourth-order valence-corrected chi connectivity index (χ4v) is 4.40. The smallest absolute Gasteiger partial charge is 0.415 e. The summed E-state index contributed by atoms with van der Waals surface area (Å²) in [5.41, 5.74) is 2.90. The normalized spacial score (nSPS) is 23.6. The molecular formula is C22H21ClN4O2. The molecule has 3 aromatic rings. The number of benzene rings is 2. The van der Waals surface area contributed by atoms with Crippen LogP contribution in [0.5, 0.6) is 0 Å². The molecular weight excluding hydrogens is 388 g/mol. The van der Waals surface area contributed by atoms with E-state index in [0.717, 1.165) is 48.2 Å². The summed E-state index contributed by atoms with van der Waals surface area (Å²) in [6, 6.07) is 17.4. The topological polar surface area (TPSA) is 82.0 Å². The highest BCUT2D eigenvalue weighted by Crippen LogP contribution is 2.43. The van der Waals surface area contributed by atoms with Crippen molar-refractivity contribution in [1.82, 2.24) is 9.97 Å². The third-order valence-corrected chi connectivity index (χ3v) is 5.95. The van der Waals surface area contributed by atoms with Crippen LogP contribution < -0.4 is 4.90 Å². The number of amides is 1. The molecule has 29 heavy (non-hydrogen) atoms. The number of H-pyrrole nitrogens is 1. The number of ether oxygens (including phenoxy) is 1. The van der Waals surface area contributed by atoms with Gasteiger partial charge < -0.3 is 9.72 Å². The lowest BCUT2D eigenvalue weighted by atomic mass is 9.78. The molecule has 0 atom stereocenters. The second-order valence-electron chi connectivity index (χ2n) is 7.71. The zero-order chi connectivity index (χ0) is 19.1. The average molecular weight is 409 g/mol. The lowest BCUT2D eigenvalue weighted by Crippen LogP contribution is -2.38. The van der Waals surface area contributed by atoms with Crippen molar-refractivity contribution in [3.05, 3.63) is 59.9 Å². The Kier molecular flexibility index (Phi) is 4.93. The first-order chi connectivity index (χ1) is 13.7. The van der Waals surface area contributed by atoms with Crippen molar-refractivity contribution in [3.8, 4) is 6.07 Å². The van der Waals surface area contributed by atoms with Crippen molar-refractivity contribution in [2.75, 3.05) is 11.4 Å². The lowest BCUT2D eigenvalue weighted by Gasteiger charge is -2.34. The SMILES string of the molecule is Cl.N#Cc1ccc2nc(C3CCC4(CC3)CN(c3ccccc3)C(=O)O4)[nH]c2c1. The Morgan fingerprint density at radius 1 is 1.17 bits per heavy atom. The van der Waals surface area contributed by atoms with Gasteiger partial charge in [-0.1, -0.05) is 18.2 Å². The zero-order valence-electron chi connectivity index (χ0n) is 15.8. The highest BCUT2D eigenvalue weighted by atomic mass is 35.5. The second-order valence-corrected chi connectivity index (χ2v) is 7.71. The van der Waals surface area contributed by atoms with Crippen LogP contribution >= 0.6 is 12.4 Å². The molecule has 0 radical (unpaired) electrons. The van der Waals surface area contributed by atoms with E-state index in [-0.39, 0.29) is 18.5 Å². The summed E-state index contributed by atoms with van der Waals surface area (Å²) in [6.45, 7) is 0.605. The van der Waals surface area contributed by atoms with Crippen molar-refractivity contribution in [1.29, 1.82) is 5.26 Å². The minimum absolute atomic E-state index is 0. The van der Waals surface area contributed by atoms with Crippen LogP contribution in [0.1, 0.15) is 43.0 Å². The van der Waals surface area contributed by atoms with Gasteiger partial charge in [-0.3, -0.25) is 4.90 Å². The maximum atomic E-state index is 12.4. The third-order valence-electron chi connectivity index (χ3n) is 5.95. The molecule has 1 saturated carbocycles. The number of fused-ring (bicyclic) bond motifs is 1. The number of aromatic amines is 1. The molecule has 1 saturated heterocycles. The van der Waals surface area contributed by atoms with E-state index in [1.54, 1.807) is 11.0 Å². The molecule has 6 nitrogen and oxygen atoms in total. The van der Waals surface area contributed by atoms with Crippen LogP contribution in [-0.2, 0) is 4.74 Å². The first-order valence-electron chi connectivity index (χ1n) is 9.61. The average Bonchev–Trinajstić information content (AvgIpc) is 3.29. The van der Waals surface area contributed by atoms with Crippen LogP contribution in [0.15, 0.2) is 48.5 Å². The van der Waals surface area contributed by atoms with Crippen molar-refractivity contribution in [3.63, 3.8) is 0 Å². The highest BCUT2D eigenvalue weighted by molar-refractivity contribution is 5.90. The number of nitrogens with zero attached hydrogens (tertiary/aromatic N) is 3. The van der Waals surface area contributed by atoms with E-state index in [4.69, 9.17) is 15.0 Å². The van der Waals surface area contributed by atoms with Crippen LogP contribution in [0, 0.1) is 11.3 Å². The summed E-state index contributed by atoms with van der Waals surface area (Å²) in [5, 5.41) is 9.07. The number of rotatable bonds is 2. The van der Waals surface area contributed by atoms with E-state index in [9.17, 15) is 4.79 Å². The largest absolute Gasteiger partial charge is 0.441 e. The van der Waals surface area contributed by atoms with Gasteiger partial charge in [0.25, 0.3) is 0 Å². The van der Waals surface area contributed by atoms with Gasteiger partial charge in [0, 0.05) is 11.6 Å². The first-order valence-corrected chi connectivity index (χ1v) is 9.61. The first kappa shape index (κ1) is 19.3. The molecule has 1 spiro atoms. The number of anilines is 1. The standard InChI is InChI=1S/C22H20N4O2.ClH/c23-13-15-6-7-18-19(12-15)25-20(24-18)16-8-10-22(11-9-16)14-26(21(27)28-22)17-4-2-1-3-5-17;/h1-7,12,16H,8-11,14H2,(H,24,25);1H. The number of para-hydroxylation sites is 1. The summed E-state index contributed by atoms with van der Waals surface area (Å²) in [5.74, 6) is 1.28. The second kappa shape index (κ2) is 7.41. The van der Waals surface area contributed by atoms with Gasteiger partial charge in [0.15, 0.2) is 0 Å². The van der Waals surface area contributed by atoms with Gasteiger partial charge in [-0.05, 0) is 56.0 Å². The number of hydrogen-bond acceptors (Lipinski definition) is 4. The van der Waals surface area contributed by atoms with Crippen LogP contribution in [0.2, 0.25) is 0 Å². The zero-order valence-corrected chi connectivity index (χ0v) is 16.6. The molecule has 1 amide bonds. The fraction of sp³-hybridized carbons (Fsp3) is 0.318. The number of halogens is 1. The number of aromatic nitrogens is 2. The molecule has 148 valence electrons. The maximum absolute atomic E-state index is 12.4. The predicted octanol–water partition coefficient (Wildman–Crippen LogP) is 4.91. The van der Waals surface area contributed by atoms with E-state index >= 15 is 0 Å². The van der Waals surface area contributed by atoms with Gasteiger partial charge >= 0.3 is 6.09 Å². The summed E-state index contributed by atoms with van der Waals surface area (Å²) in [6.07, 6.45) is 3.24. The van der Waals surface area contributed by atoms with Gasteiger partial charge in [-0.15, -0.1) is 12.4 Å². The van der Waals surface area contributed by atoms with E-state index in [2.05, 4.69) is 11.1 Å². The van der Waals surface area contributed by atoms with Crippen LogP contribution in [0.25, 0.3) is 11.0 Å². The van der Waals surface area contributed by atoms with Crippen molar-refractivity contribution in [2.45, 2.75) is 37.2 Å². The Bertz CT molecular complexity index is 1080. The Morgan fingerprint density at radius 3 is 2.66 bits per heavy atom. The molecule has 7 heteroatoms. The molecule has 2 aliphatic rings.